The fourth-order valence-corrected chi connectivity index (χ4v) is 3.31. The largest absolute Gasteiger partial charge is 0.472 e. The van der Waals surface area contributed by atoms with Crippen molar-refractivity contribution in [3.8, 4) is 0 Å². The first kappa shape index (κ1) is 7.29. The Hall–Kier alpha value is -1.03. The predicted molar refractivity (Wildman–Crippen MR) is 43.9 cm³/mol. The van der Waals surface area contributed by atoms with Crippen molar-refractivity contribution in [2.45, 2.75) is 18.8 Å². The molecule has 1 saturated carbocycles. The van der Waals surface area contributed by atoms with Gasteiger partial charge in [0.1, 0.15) is 6.10 Å². The van der Waals surface area contributed by atoms with Crippen LogP contribution < -0.4 is 0 Å². The number of ether oxygens (including phenoxy) is 3. The van der Waals surface area contributed by atoms with Gasteiger partial charge in [-0.05, 0) is 12.3 Å². The molecule has 4 rings (SSSR count). The molecule has 0 aromatic heterocycles. The van der Waals surface area contributed by atoms with E-state index < -0.39 is 0 Å². The van der Waals surface area contributed by atoms with Gasteiger partial charge in [-0.1, -0.05) is 0 Å². The molecule has 0 amide bonds. The quantitative estimate of drug-likeness (QED) is 0.525. The maximum absolute atomic E-state index is 11.4. The highest BCUT2D eigenvalue weighted by atomic mass is 16.7. The molecule has 4 aliphatic rings. The summed E-state index contributed by atoms with van der Waals surface area (Å²) < 4.78 is 16.2. The lowest BCUT2D eigenvalue weighted by molar-refractivity contribution is -0.139. The van der Waals surface area contributed by atoms with Gasteiger partial charge < -0.3 is 14.2 Å². The minimum Gasteiger partial charge on any atom is -0.472 e. The van der Waals surface area contributed by atoms with E-state index >= 15 is 0 Å². The molecule has 0 aromatic rings. The number of carbonyl (C=O) groups is 1. The molecule has 74 valence electrons. The van der Waals surface area contributed by atoms with Crippen molar-refractivity contribution >= 4 is 5.97 Å². The molecule has 4 heteroatoms. The molecular weight excluding hydrogens is 184 g/mol. The first-order valence-electron chi connectivity index (χ1n) is 5.03. The fourth-order valence-electron chi connectivity index (χ4n) is 3.31. The van der Waals surface area contributed by atoms with Crippen LogP contribution in [0.25, 0.3) is 0 Å². The van der Waals surface area contributed by atoms with Crippen molar-refractivity contribution in [2.24, 2.45) is 17.8 Å². The third-order valence-electron chi connectivity index (χ3n) is 3.87. The molecule has 0 spiro atoms. The van der Waals surface area contributed by atoms with Crippen LogP contribution in [0.15, 0.2) is 11.8 Å². The summed E-state index contributed by atoms with van der Waals surface area (Å²) in [7, 11) is 0. The zero-order valence-electron chi connectivity index (χ0n) is 7.51. The van der Waals surface area contributed by atoms with Crippen molar-refractivity contribution in [1.82, 2.24) is 0 Å². The molecule has 0 aromatic carbocycles. The maximum Gasteiger partial charge on any atom is 0.337 e. The van der Waals surface area contributed by atoms with E-state index in [9.17, 15) is 4.79 Å². The lowest BCUT2D eigenvalue weighted by Crippen LogP contribution is -2.31. The van der Waals surface area contributed by atoms with Crippen molar-refractivity contribution in [1.29, 1.82) is 0 Å². The number of hydrogen-bond acceptors (Lipinski definition) is 4. The molecule has 3 heterocycles. The van der Waals surface area contributed by atoms with E-state index in [0.717, 1.165) is 18.6 Å². The molecule has 2 saturated heterocycles. The second-order valence-corrected chi connectivity index (χ2v) is 4.45. The van der Waals surface area contributed by atoms with Crippen molar-refractivity contribution in [2.75, 3.05) is 6.61 Å². The van der Waals surface area contributed by atoms with E-state index in [1.807, 2.05) is 0 Å². The Morgan fingerprint density at radius 3 is 3.29 bits per heavy atom. The average molecular weight is 194 g/mol. The summed E-state index contributed by atoms with van der Waals surface area (Å²) in [4.78, 5) is 11.4. The topological polar surface area (TPSA) is 44.8 Å². The van der Waals surface area contributed by atoms with Gasteiger partial charge >= 0.3 is 5.97 Å². The third kappa shape index (κ3) is 0.650. The van der Waals surface area contributed by atoms with E-state index in [-0.39, 0.29) is 24.3 Å². The highest BCUT2D eigenvalue weighted by molar-refractivity contribution is 5.91. The van der Waals surface area contributed by atoms with Gasteiger partial charge in [0.25, 0.3) is 0 Å². The van der Waals surface area contributed by atoms with E-state index in [1.165, 1.54) is 0 Å². The third-order valence-corrected chi connectivity index (χ3v) is 3.87. The molecule has 3 aliphatic heterocycles. The van der Waals surface area contributed by atoms with Gasteiger partial charge in [-0.2, -0.15) is 0 Å². The van der Waals surface area contributed by atoms with Gasteiger partial charge in [-0.3, -0.25) is 0 Å². The van der Waals surface area contributed by atoms with Crippen LogP contribution in [-0.4, -0.2) is 25.0 Å². The maximum atomic E-state index is 11.4. The van der Waals surface area contributed by atoms with Crippen LogP contribution in [-0.2, 0) is 19.0 Å². The molecule has 5 atom stereocenters. The first-order chi connectivity index (χ1) is 6.84. The summed E-state index contributed by atoms with van der Waals surface area (Å²) in [5.41, 5.74) is 0.726. The Morgan fingerprint density at radius 1 is 1.43 bits per heavy atom. The number of carbonyl (C=O) groups excluding carboxylic acids is 1. The van der Waals surface area contributed by atoms with Gasteiger partial charge in [0.2, 0.25) is 6.29 Å². The minimum atomic E-state index is -0.191. The zero-order chi connectivity index (χ0) is 9.28. The van der Waals surface area contributed by atoms with Crippen LogP contribution >= 0.6 is 0 Å². The predicted octanol–water partition coefficient (Wildman–Crippen LogP) is 0.434. The molecule has 4 nitrogen and oxygen atoms in total. The minimum absolute atomic E-state index is 0.0963. The average Bonchev–Trinajstić information content (AvgIpc) is 2.79. The van der Waals surface area contributed by atoms with Crippen LogP contribution in [0.1, 0.15) is 6.42 Å². The van der Waals surface area contributed by atoms with Gasteiger partial charge in [-0.15, -0.1) is 0 Å². The fraction of sp³-hybridized carbons (Fsp3) is 0.700. The second-order valence-electron chi connectivity index (χ2n) is 4.45. The summed E-state index contributed by atoms with van der Waals surface area (Å²) in [5.74, 6) is 0.927. The summed E-state index contributed by atoms with van der Waals surface area (Å²) >= 11 is 0. The van der Waals surface area contributed by atoms with Gasteiger partial charge in [0, 0.05) is 11.8 Å². The summed E-state index contributed by atoms with van der Waals surface area (Å²) in [6.07, 6.45) is 2.45. The summed E-state index contributed by atoms with van der Waals surface area (Å²) in [6.45, 7) is 0.751. The number of hydrogen-bond donors (Lipinski definition) is 0. The molecule has 1 aliphatic carbocycles. The smallest absolute Gasteiger partial charge is 0.337 e. The molecule has 0 bridgehead atoms. The van der Waals surface area contributed by atoms with Crippen LogP contribution in [0.3, 0.4) is 0 Å². The van der Waals surface area contributed by atoms with Crippen molar-refractivity contribution in [3.63, 3.8) is 0 Å². The van der Waals surface area contributed by atoms with E-state index in [0.29, 0.717) is 11.8 Å². The Kier molecular flexibility index (Phi) is 1.11. The van der Waals surface area contributed by atoms with E-state index in [4.69, 9.17) is 14.2 Å². The van der Waals surface area contributed by atoms with Crippen molar-refractivity contribution in [3.05, 3.63) is 11.8 Å². The Bertz CT molecular complexity index is 348. The van der Waals surface area contributed by atoms with Gasteiger partial charge in [0.05, 0.1) is 18.4 Å². The number of rotatable bonds is 0. The molecule has 0 radical (unpaired) electrons. The highest BCUT2D eigenvalue weighted by Gasteiger charge is 2.61. The zero-order valence-corrected chi connectivity index (χ0v) is 7.51. The Morgan fingerprint density at radius 2 is 2.36 bits per heavy atom. The number of esters is 1. The van der Waals surface area contributed by atoms with Gasteiger partial charge in [0.15, 0.2) is 0 Å². The molecule has 0 unspecified atom stereocenters. The van der Waals surface area contributed by atoms with E-state index in [2.05, 4.69) is 0 Å². The van der Waals surface area contributed by atoms with Crippen LogP contribution in [0, 0.1) is 17.8 Å². The summed E-state index contributed by atoms with van der Waals surface area (Å²) in [5, 5.41) is 0. The highest BCUT2D eigenvalue weighted by Crippen LogP contribution is 2.54. The Labute approximate surface area is 80.8 Å². The molecule has 14 heavy (non-hydrogen) atoms. The molecule has 0 N–H and O–H groups in total. The summed E-state index contributed by atoms with van der Waals surface area (Å²) in [6, 6.07) is 0. The lowest BCUT2D eigenvalue weighted by atomic mass is 9.85. The lowest BCUT2D eigenvalue weighted by Gasteiger charge is -2.26. The SMILES string of the molecule is O=C1O[C@H]2C[C@H]3CO[C@H]4OC=C1[C@@H]2[C@@H]34. The van der Waals surface area contributed by atoms with E-state index in [1.54, 1.807) is 6.26 Å². The van der Waals surface area contributed by atoms with Crippen molar-refractivity contribution < 1.29 is 19.0 Å². The van der Waals surface area contributed by atoms with Crippen LogP contribution in [0.2, 0.25) is 0 Å². The molecule has 3 fully saturated rings. The first-order valence-corrected chi connectivity index (χ1v) is 5.03. The van der Waals surface area contributed by atoms with Gasteiger partial charge in [-0.25, -0.2) is 4.79 Å². The normalized spacial score (nSPS) is 52.4. The Balaban J connectivity index is 1.86. The van der Waals surface area contributed by atoms with Crippen LogP contribution in [0.4, 0.5) is 0 Å². The standard InChI is InChI=1S/C10H10O4/c11-9-5-3-13-10-7-4(2-12-10)1-6(14-9)8(5)7/h3-4,6-8,10H,1-2H2/t4-,6-,7+,8-,10-/m0/s1. The molecular formula is C10H10O4. The second kappa shape index (κ2) is 2.14. The van der Waals surface area contributed by atoms with Crippen LogP contribution in [0.5, 0.6) is 0 Å². The monoisotopic (exact) mass is 194 g/mol.